The van der Waals surface area contributed by atoms with Crippen LogP contribution in [0.25, 0.3) is 32.7 Å². The molecule has 138 valence electrons. The lowest BCUT2D eigenvalue weighted by Crippen LogP contribution is -2.24. The fraction of sp³-hybridized carbons (Fsp3) is 0.333. The monoisotopic (exact) mass is 363 g/mol. The quantitative estimate of drug-likeness (QED) is 0.555. The Hall–Kier alpha value is -3.02. The number of pyridine rings is 2. The van der Waals surface area contributed by atoms with Gasteiger partial charge in [0.1, 0.15) is 5.65 Å². The molecule has 4 aromatic rings. The van der Waals surface area contributed by atoms with E-state index >= 15 is 0 Å². The average molecular weight is 363 g/mol. The molecule has 0 aliphatic heterocycles. The van der Waals surface area contributed by atoms with E-state index in [0.29, 0.717) is 16.9 Å². The van der Waals surface area contributed by atoms with E-state index in [9.17, 15) is 4.79 Å². The summed E-state index contributed by atoms with van der Waals surface area (Å²) in [7, 11) is 3.19. The van der Waals surface area contributed by atoms with Gasteiger partial charge in [0, 0.05) is 34.6 Å². The molecule has 1 N–H and O–H groups in total. The number of ether oxygens (including phenoxy) is 2. The molecule has 0 bridgehead atoms. The normalized spacial score (nSPS) is 15.2. The van der Waals surface area contributed by atoms with Gasteiger partial charge in [-0.05, 0) is 31.0 Å². The van der Waals surface area contributed by atoms with Gasteiger partial charge in [0.2, 0.25) is 0 Å². The standard InChI is InChI=1S/C21H21N3O3/c1-26-17-9-14-15(10-18(17)27-2)21(25)24(12-5-3-4-6-12)19-13-7-8-22-20(13)23-11-16(14)19/h7-12H,3-6H2,1-2H3,(H,22,23). The highest BCUT2D eigenvalue weighted by Gasteiger charge is 2.24. The Balaban J connectivity index is 2.01. The van der Waals surface area contributed by atoms with Gasteiger partial charge in [-0.2, -0.15) is 0 Å². The molecule has 5 rings (SSSR count). The summed E-state index contributed by atoms with van der Waals surface area (Å²) in [6.45, 7) is 0. The fourth-order valence-corrected chi connectivity index (χ4v) is 4.47. The number of hydrogen-bond donors (Lipinski definition) is 1. The number of aromatic nitrogens is 3. The number of aromatic amines is 1. The Morgan fingerprint density at radius 1 is 1.04 bits per heavy atom. The first-order valence-electron chi connectivity index (χ1n) is 9.29. The van der Waals surface area contributed by atoms with Gasteiger partial charge in [0.05, 0.1) is 25.1 Å². The highest BCUT2D eigenvalue weighted by molar-refractivity contribution is 6.14. The van der Waals surface area contributed by atoms with Gasteiger partial charge in [0.25, 0.3) is 5.56 Å². The molecule has 0 amide bonds. The summed E-state index contributed by atoms with van der Waals surface area (Å²) < 4.78 is 12.9. The van der Waals surface area contributed by atoms with Crippen molar-refractivity contribution >= 4 is 32.7 Å². The van der Waals surface area contributed by atoms with E-state index in [4.69, 9.17) is 9.47 Å². The molecule has 0 radical (unpaired) electrons. The third kappa shape index (κ3) is 2.25. The minimum Gasteiger partial charge on any atom is -0.493 e. The Morgan fingerprint density at radius 3 is 2.44 bits per heavy atom. The Bertz CT molecular complexity index is 1230. The number of nitrogens with one attached hydrogen (secondary N) is 1. The number of rotatable bonds is 3. The molecule has 6 heteroatoms. The van der Waals surface area contributed by atoms with E-state index in [1.165, 1.54) is 0 Å². The summed E-state index contributed by atoms with van der Waals surface area (Å²) in [5, 5.41) is 3.43. The van der Waals surface area contributed by atoms with Crippen LogP contribution in [0.1, 0.15) is 31.7 Å². The summed E-state index contributed by atoms with van der Waals surface area (Å²) in [6.07, 6.45) is 8.10. The third-order valence-electron chi connectivity index (χ3n) is 5.75. The number of benzene rings is 1. The van der Waals surface area contributed by atoms with Crippen molar-refractivity contribution in [3.8, 4) is 11.5 Å². The predicted molar refractivity (Wildman–Crippen MR) is 106 cm³/mol. The fourth-order valence-electron chi connectivity index (χ4n) is 4.47. The maximum absolute atomic E-state index is 13.6. The van der Waals surface area contributed by atoms with Crippen molar-refractivity contribution in [2.24, 2.45) is 0 Å². The third-order valence-corrected chi connectivity index (χ3v) is 5.75. The molecule has 3 heterocycles. The van der Waals surface area contributed by atoms with Crippen molar-refractivity contribution < 1.29 is 9.47 Å². The largest absolute Gasteiger partial charge is 0.493 e. The molecule has 27 heavy (non-hydrogen) atoms. The number of hydrogen-bond acceptors (Lipinski definition) is 4. The lowest BCUT2D eigenvalue weighted by molar-refractivity contribution is 0.356. The molecule has 6 nitrogen and oxygen atoms in total. The lowest BCUT2D eigenvalue weighted by Gasteiger charge is -2.20. The van der Waals surface area contributed by atoms with Crippen molar-refractivity contribution in [1.82, 2.24) is 14.5 Å². The summed E-state index contributed by atoms with van der Waals surface area (Å²) >= 11 is 0. The summed E-state index contributed by atoms with van der Waals surface area (Å²) in [4.78, 5) is 21.3. The van der Waals surface area contributed by atoms with Crippen LogP contribution in [0.15, 0.2) is 35.4 Å². The van der Waals surface area contributed by atoms with Crippen LogP contribution in [-0.2, 0) is 0 Å². The van der Waals surface area contributed by atoms with Crippen molar-refractivity contribution in [2.75, 3.05) is 14.2 Å². The smallest absolute Gasteiger partial charge is 0.259 e. The Morgan fingerprint density at radius 2 is 1.74 bits per heavy atom. The van der Waals surface area contributed by atoms with E-state index in [1.807, 2.05) is 29.1 Å². The number of nitrogens with zero attached hydrogens (tertiary/aromatic N) is 2. The van der Waals surface area contributed by atoms with Crippen molar-refractivity contribution in [3.63, 3.8) is 0 Å². The number of H-pyrrole nitrogens is 1. The zero-order valence-corrected chi connectivity index (χ0v) is 15.4. The van der Waals surface area contributed by atoms with Gasteiger partial charge in [-0.15, -0.1) is 0 Å². The lowest BCUT2D eigenvalue weighted by atomic mass is 10.0. The second kappa shape index (κ2) is 6.01. The Labute approximate surface area is 155 Å². The molecule has 0 unspecified atom stereocenters. The van der Waals surface area contributed by atoms with Gasteiger partial charge < -0.3 is 19.0 Å². The highest BCUT2D eigenvalue weighted by atomic mass is 16.5. The molecule has 1 aliphatic carbocycles. The van der Waals surface area contributed by atoms with Gasteiger partial charge in [-0.25, -0.2) is 4.98 Å². The van der Waals surface area contributed by atoms with Gasteiger partial charge in [-0.1, -0.05) is 12.8 Å². The maximum Gasteiger partial charge on any atom is 0.259 e. The molecule has 3 aromatic heterocycles. The summed E-state index contributed by atoms with van der Waals surface area (Å²) in [5.41, 5.74) is 1.78. The van der Waals surface area contributed by atoms with Crippen LogP contribution in [0.2, 0.25) is 0 Å². The van der Waals surface area contributed by atoms with Crippen LogP contribution in [-0.4, -0.2) is 28.8 Å². The maximum atomic E-state index is 13.6. The minimum atomic E-state index is 0.0269. The van der Waals surface area contributed by atoms with Crippen LogP contribution in [0.5, 0.6) is 11.5 Å². The molecule has 0 atom stereocenters. The second-order valence-corrected chi connectivity index (χ2v) is 7.13. The second-order valence-electron chi connectivity index (χ2n) is 7.13. The van der Waals surface area contributed by atoms with E-state index < -0.39 is 0 Å². The van der Waals surface area contributed by atoms with E-state index in [1.54, 1.807) is 20.3 Å². The average Bonchev–Trinajstić information content (AvgIpc) is 3.38. The summed E-state index contributed by atoms with van der Waals surface area (Å²) in [5.74, 6) is 1.17. The van der Waals surface area contributed by atoms with Crippen LogP contribution >= 0.6 is 0 Å². The molecule has 1 aliphatic rings. The topological polar surface area (TPSA) is 69.1 Å². The first-order chi connectivity index (χ1) is 13.2. The molecule has 1 fully saturated rings. The van der Waals surface area contributed by atoms with Crippen molar-refractivity contribution in [1.29, 1.82) is 0 Å². The van der Waals surface area contributed by atoms with Gasteiger partial charge >= 0.3 is 0 Å². The van der Waals surface area contributed by atoms with Gasteiger partial charge in [-0.3, -0.25) is 4.79 Å². The predicted octanol–water partition coefficient (Wildman–Crippen LogP) is 4.16. The molecule has 0 saturated heterocycles. The zero-order valence-electron chi connectivity index (χ0n) is 15.4. The van der Waals surface area contributed by atoms with Crippen LogP contribution < -0.4 is 15.0 Å². The zero-order chi connectivity index (χ0) is 18.5. The first kappa shape index (κ1) is 16.2. The van der Waals surface area contributed by atoms with E-state index in [2.05, 4.69) is 9.97 Å². The molecule has 1 aromatic carbocycles. The van der Waals surface area contributed by atoms with E-state index in [0.717, 1.165) is 53.0 Å². The molecule has 0 spiro atoms. The van der Waals surface area contributed by atoms with Crippen molar-refractivity contribution in [3.05, 3.63) is 40.9 Å². The molecular formula is C21H21N3O3. The van der Waals surface area contributed by atoms with Crippen LogP contribution in [0.4, 0.5) is 0 Å². The summed E-state index contributed by atoms with van der Waals surface area (Å²) in [6, 6.07) is 5.90. The molecule has 1 saturated carbocycles. The number of fused-ring (bicyclic) bond motifs is 5. The van der Waals surface area contributed by atoms with E-state index in [-0.39, 0.29) is 11.6 Å². The highest BCUT2D eigenvalue weighted by Crippen LogP contribution is 2.38. The Kier molecular flexibility index (Phi) is 3.60. The number of methoxy groups -OCH3 is 2. The minimum absolute atomic E-state index is 0.0269. The van der Waals surface area contributed by atoms with Crippen LogP contribution in [0, 0.1) is 0 Å². The van der Waals surface area contributed by atoms with Crippen molar-refractivity contribution in [2.45, 2.75) is 31.7 Å². The first-order valence-corrected chi connectivity index (χ1v) is 9.29. The van der Waals surface area contributed by atoms with Gasteiger partial charge in [0.15, 0.2) is 11.5 Å². The molecular weight excluding hydrogens is 342 g/mol. The van der Waals surface area contributed by atoms with Crippen LogP contribution in [0.3, 0.4) is 0 Å². The SMILES string of the molecule is COc1cc2c(=O)n(C3CCCC3)c3c4cc[nH]c4ncc3c2cc1OC.